The summed E-state index contributed by atoms with van der Waals surface area (Å²) in [6, 6.07) is 5.67. The lowest BCUT2D eigenvalue weighted by molar-refractivity contribution is -0.127. The van der Waals surface area contributed by atoms with Crippen LogP contribution in [0, 0.1) is 29.1 Å². The molecule has 39 heavy (non-hydrogen) atoms. The minimum Gasteiger partial charge on any atom is -0.489 e. The van der Waals surface area contributed by atoms with Crippen LogP contribution in [-0.4, -0.2) is 46.2 Å². The van der Waals surface area contributed by atoms with Gasteiger partial charge in [0.2, 0.25) is 5.91 Å². The Balaban J connectivity index is 1.60. The first-order chi connectivity index (χ1) is 18.5. The summed E-state index contributed by atoms with van der Waals surface area (Å²) in [7, 11) is 1.93. The van der Waals surface area contributed by atoms with Crippen LogP contribution in [0.1, 0.15) is 93.6 Å². The van der Waals surface area contributed by atoms with E-state index in [2.05, 4.69) is 23.7 Å². The maximum atomic E-state index is 14.1. The first-order valence-corrected chi connectivity index (χ1v) is 14.9. The average molecular weight is 552 g/mol. The molecular formula is C31H41N3O4S. The monoisotopic (exact) mass is 551 g/mol. The number of carbonyl (C=O) groups is 2. The van der Waals surface area contributed by atoms with Crippen molar-refractivity contribution >= 4 is 28.9 Å². The van der Waals surface area contributed by atoms with Crippen LogP contribution in [0.2, 0.25) is 0 Å². The van der Waals surface area contributed by atoms with Crippen LogP contribution in [0.25, 0.3) is 0 Å². The van der Waals surface area contributed by atoms with Crippen LogP contribution in [0.3, 0.4) is 0 Å². The van der Waals surface area contributed by atoms with Gasteiger partial charge in [-0.25, -0.2) is 14.8 Å². The number of hydrazine groups is 1. The Bertz CT molecular complexity index is 1190. The van der Waals surface area contributed by atoms with E-state index in [1.165, 1.54) is 0 Å². The number of hydrogen-bond donors (Lipinski definition) is 1. The molecule has 2 fully saturated rings. The molecule has 2 aliphatic carbocycles. The smallest absolute Gasteiger partial charge is 0.348 e. The van der Waals surface area contributed by atoms with Gasteiger partial charge in [-0.3, -0.25) is 9.78 Å². The van der Waals surface area contributed by atoms with Crippen LogP contribution in [0.5, 0.6) is 5.75 Å². The Morgan fingerprint density at radius 3 is 2.38 bits per heavy atom. The standard InChI is InChI=1S/C31H41N3O4S/c1-21-8-10-22(11-9-21)29(35)34(27-19-26(16-17-31(2,3)4)39-28(27)30(36)37)33(5)23-12-14-24(15-13-23)38-25-7-6-18-32-20-25/h6-7,18-24H,8-15H2,1-5H3,(H,36,37). The molecule has 2 aromatic heterocycles. The second-order valence-electron chi connectivity index (χ2n) is 12.0. The van der Waals surface area contributed by atoms with Gasteiger partial charge < -0.3 is 9.84 Å². The number of anilines is 1. The van der Waals surface area contributed by atoms with Gasteiger partial charge in [-0.2, -0.15) is 0 Å². The summed E-state index contributed by atoms with van der Waals surface area (Å²) >= 11 is 1.15. The van der Waals surface area contributed by atoms with Gasteiger partial charge in [0.25, 0.3) is 0 Å². The van der Waals surface area contributed by atoms with E-state index in [9.17, 15) is 14.7 Å². The molecule has 0 aliphatic heterocycles. The molecular weight excluding hydrogens is 510 g/mol. The second-order valence-corrected chi connectivity index (χ2v) is 13.1. The zero-order valence-electron chi connectivity index (χ0n) is 23.8. The number of carboxylic acids is 1. The van der Waals surface area contributed by atoms with E-state index in [4.69, 9.17) is 4.74 Å². The van der Waals surface area contributed by atoms with E-state index in [1.54, 1.807) is 23.5 Å². The van der Waals surface area contributed by atoms with Gasteiger partial charge >= 0.3 is 5.97 Å². The number of nitrogens with zero attached hydrogens (tertiary/aromatic N) is 3. The molecule has 0 atom stereocenters. The summed E-state index contributed by atoms with van der Waals surface area (Å²) in [5.41, 5.74) is 0.223. The summed E-state index contributed by atoms with van der Waals surface area (Å²) in [4.78, 5) is 31.5. The van der Waals surface area contributed by atoms with Crippen LogP contribution in [0.4, 0.5) is 5.69 Å². The third-order valence-corrected chi connectivity index (χ3v) is 8.72. The largest absolute Gasteiger partial charge is 0.489 e. The lowest BCUT2D eigenvalue weighted by atomic mass is 9.82. The second kappa shape index (κ2) is 12.5. The summed E-state index contributed by atoms with van der Waals surface area (Å²) in [6.07, 6.45) is 10.6. The van der Waals surface area contributed by atoms with Crippen molar-refractivity contribution in [3.8, 4) is 17.6 Å². The van der Waals surface area contributed by atoms with Crippen LogP contribution in [-0.2, 0) is 4.79 Å². The Morgan fingerprint density at radius 2 is 1.79 bits per heavy atom. The highest BCUT2D eigenvalue weighted by Crippen LogP contribution is 2.37. The van der Waals surface area contributed by atoms with Crippen LogP contribution >= 0.6 is 11.3 Å². The summed E-state index contributed by atoms with van der Waals surface area (Å²) < 4.78 is 6.14. The summed E-state index contributed by atoms with van der Waals surface area (Å²) in [5.74, 6) is 6.59. The normalized spacial score (nSPS) is 23.5. The molecule has 0 aromatic carbocycles. The number of hydrogen-bond acceptors (Lipinski definition) is 6. The number of carboxylic acid groups (broad SMARTS) is 1. The van der Waals surface area contributed by atoms with Gasteiger partial charge in [-0.1, -0.05) is 18.8 Å². The lowest BCUT2D eigenvalue weighted by Gasteiger charge is -2.42. The average Bonchev–Trinajstić information content (AvgIpc) is 3.33. The molecule has 210 valence electrons. The van der Waals surface area contributed by atoms with Gasteiger partial charge in [-0.15, -0.1) is 11.3 Å². The molecule has 7 nitrogen and oxygen atoms in total. The van der Waals surface area contributed by atoms with Gasteiger partial charge in [0.05, 0.1) is 22.9 Å². The van der Waals surface area contributed by atoms with E-state index in [0.717, 1.165) is 68.5 Å². The molecule has 2 saturated carbocycles. The van der Waals surface area contributed by atoms with Crippen molar-refractivity contribution in [2.75, 3.05) is 12.1 Å². The number of aromatic nitrogens is 1. The molecule has 1 amide bonds. The molecule has 0 radical (unpaired) electrons. The zero-order chi connectivity index (χ0) is 28.2. The lowest BCUT2D eigenvalue weighted by Crippen LogP contribution is -2.53. The van der Waals surface area contributed by atoms with Crippen molar-refractivity contribution in [3.05, 3.63) is 40.3 Å². The highest BCUT2D eigenvalue weighted by molar-refractivity contribution is 7.15. The third-order valence-electron chi connectivity index (χ3n) is 7.69. The summed E-state index contributed by atoms with van der Waals surface area (Å²) in [5, 5.41) is 13.8. The van der Waals surface area contributed by atoms with Gasteiger partial charge in [0.1, 0.15) is 10.6 Å². The number of pyridine rings is 1. The molecule has 8 heteroatoms. The number of aromatic carboxylic acids is 1. The Kier molecular flexibility index (Phi) is 9.35. The van der Waals surface area contributed by atoms with E-state index < -0.39 is 5.97 Å². The summed E-state index contributed by atoms with van der Waals surface area (Å²) in [6.45, 7) is 8.30. The number of amides is 1. The van der Waals surface area contributed by atoms with E-state index >= 15 is 0 Å². The van der Waals surface area contributed by atoms with Crippen molar-refractivity contribution in [1.29, 1.82) is 0 Å². The topological polar surface area (TPSA) is 83.0 Å². The fourth-order valence-electron chi connectivity index (χ4n) is 5.44. The van der Waals surface area contributed by atoms with E-state index in [-0.39, 0.29) is 34.3 Å². The molecule has 4 rings (SSSR count). The first-order valence-electron chi connectivity index (χ1n) is 14.1. The number of rotatable bonds is 7. The quantitative estimate of drug-likeness (QED) is 0.307. The first kappa shape index (κ1) is 29.1. The van der Waals surface area contributed by atoms with Gasteiger partial charge in [-0.05, 0) is 96.3 Å². The molecule has 0 spiro atoms. The maximum absolute atomic E-state index is 14.1. The minimum absolute atomic E-state index is 0.00577. The molecule has 2 heterocycles. The highest BCUT2D eigenvalue weighted by atomic mass is 32.1. The van der Waals surface area contributed by atoms with Crippen molar-refractivity contribution < 1.29 is 19.4 Å². The molecule has 0 unspecified atom stereocenters. The van der Waals surface area contributed by atoms with Gasteiger partial charge in [0.15, 0.2) is 0 Å². The van der Waals surface area contributed by atoms with Gasteiger partial charge in [0, 0.05) is 30.6 Å². The molecule has 0 saturated heterocycles. The van der Waals surface area contributed by atoms with Crippen molar-refractivity contribution in [1.82, 2.24) is 9.99 Å². The zero-order valence-corrected chi connectivity index (χ0v) is 24.6. The molecule has 1 N–H and O–H groups in total. The SMILES string of the molecule is CC1CCC(C(=O)N(c2cc(C#CC(C)(C)C)sc2C(=O)O)N(C)C2CCC(Oc3cccnc3)CC2)CC1. The fourth-order valence-corrected chi connectivity index (χ4v) is 6.27. The molecule has 2 aromatic rings. The Hall–Kier alpha value is -2.89. The predicted molar refractivity (Wildman–Crippen MR) is 155 cm³/mol. The van der Waals surface area contributed by atoms with E-state index in [1.807, 2.05) is 45.0 Å². The molecule has 0 bridgehead atoms. The minimum atomic E-state index is -1.03. The number of thiophene rings is 1. The highest BCUT2D eigenvalue weighted by Gasteiger charge is 2.37. The number of carbonyl (C=O) groups excluding carboxylic acids is 1. The Morgan fingerprint density at radius 1 is 1.10 bits per heavy atom. The van der Waals surface area contributed by atoms with Crippen LogP contribution in [0.15, 0.2) is 30.6 Å². The van der Waals surface area contributed by atoms with Crippen molar-refractivity contribution in [3.63, 3.8) is 0 Å². The molecule has 2 aliphatic rings. The third kappa shape index (κ3) is 7.61. The number of ether oxygens (including phenoxy) is 1. The predicted octanol–water partition coefficient (Wildman–Crippen LogP) is 6.64. The fraction of sp³-hybridized carbons (Fsp3) is 0.581. The van der Waals surface area contributed by atoms with Crippen LogP contribution < -0.4 is 9.75 Å². The van der Waals surface area contributed by atoms with Crippen molar-refractivity contribution in [2.45, 2.75) is 91.2 Å². The van der Waals surface area contributed by atoms with Crippen molar-refractivity contribution in [2.24, 2.45) is 17.3 Å². The Labute approximate surface area is 236 Å². The maximum Gasteiger partial charge on any atom is 0.348 e. The van der Waals surface area contributed by atoms with E-state index in [0.29, 0.717) is 16.5 Å².